The average molecular weight is 194 g/mol. The molecule has 4 heteroatoms. The molecule has 0 spiro atoms. The lowest BCUT2D eigenvalue weighted by molar-refractivity contribution is 0.0629. The largest absolute Gasteiger partial charge is 0.350 e. The van der Waals surface area contributed by atoms with Gasteiger partial charge >= 0.3 is 6.03 Å². The standard InChI is InChI=1S/C10H14N2O2/c11-10(13)12-14-8-4-7-9-5-2-1-3-6-9/h1-3,5-6H,4,7-8H2,(H3,11,12,13). The third kappa shape index (κ3) is 4.47. The lowest BCUT2D eigenvalue weighted by Crippen LogP contribution is -2.29. The van der Waals surface area contributed by atoms with Crippen molar-refractivity contribution < 1.29 is 9.63 Å². The van der Waals surface area contributed by atoms with Crippen LogP contribution in [0.25, 0.3) is 0 Å². The summed E-state index contributed by atoms with van der Waals surface area (Å²) in [5, 5.41) is 0. The van der Waals surface area contributed by atoms with Crippen molar-refractivity contribution in [1.29, 1.82) is 0 Å². The smallest absolute Gasteiger partial charge is 0.336 e. The Morgan fingerprint density at radius 1 is 1.36 bits per heavy atom. The van der Waals surface area contributed by atoms with E-state index in [0.29, 0.717) is 6.61 Å². The number of aryl methyl sites for hydroxylation is 1. The van der Waals surface area contributed by atoms with Gasteiger partial charge in [0, 0.05) is 0 Å². The molecule has 76 valence electrons. The maximum atomic E-state index is 10.2. The number of carbonyl (C=O) groups excluding carboxylic acids is 1. The van der Waals surface area contributed by atoms with Crippen molar-refractivity contribution in [1.82, 2.24) is 5.48 Å². The van der Waals surface area contributed by atoms with E-state index < -0.39 is 6.03 Å². The molecule has 4 nitrogen and oxygen atoms in total. The monoisotopic (exact) mass is 194 g/mol. The first kappa shape index (κ1) is 10.5. The summed E-state index contributed by atoms with van der Waals surface area (Å²) in [7, 11) is 0. The van der Waals surface area contributed by atoms with Crippen LogP contribution in [0.5, 0.6) is 0 Å². The number of hydroxylamine groups is 1. The summed E-state index contributed by atoms with van der Waals surface area (Å²) >= 11 is 0. The normalized spacial score (nSPS) is 9.71. The number of carbonyl (C=O) groups is 1. The summed E-state index contributed by atoms with van der Waals surface area (Å²) in [4.78, 5) is 15.0. The van der Waals surface area contributed by atoms with Crippen LogP contribution in [0.1, 0.15) is 12.0 Å². The number of urea groups is 1. The summed E-state index contributed by atoms with van der Waals surface area (Å²) in [6, 6.07) is 9.43. The Morgan fingerprint density at radius 3 is 2.71 bits per heavy atom. The van der Waals surface area contributed by atoms with Crippen LogP contribution < -0.4 is 11.2 Å². The van der Waals surface area contributed by atoms with E-state index in [1.165, 1.54) is 5.56 Å². The van der Waals surface area contributed by atoms with Gasteiger partial charge in [0.15, 0.2) is 0 Å². The summed E-state index contributed by atoms with van der Waals surface area (Å²) in [6.07, 6.45) is 1.78. The molecule has 0 aromatic heterocycles. The lowest BCUT2D eigenvalue weighted by Gasteiger charge is -2.02. The Hall–Kier alpha value is -1.55. The Morgan fingerprint density at radius 2 is 2.07 bits per heavy atom. The second-order valence-electron chi connectivity index (χ2n) is 2.90. The molecule has 0 aliphatic carbocycles. The van der Waals surface area contributed by atoms with E-state index in [4.69, 9.17) is 10.6 Å². The van der Waals surface area contributed by atoms with Crippen molar-refractivity contribution in [2.75, 3.05) is 6.61 Å². The molecule has 1 aromatic carbocycles. The third-order valence-corrected chi connectivity index (χ3v) is 1.73. The van der Waals surface area contributed by atoms with Gasteiger partial charge in [0.1, 0.15) is 0 Å². The molecule has 0 unspecified atom stereocenters. The molecule has 0 bridgehead atoms. The minimum atomic E-state index is -0.662. The number of amides is 2. The van der Waals surface area contributed by atoms with Gasteiger partial charge in [0.25, 0.3) is 0 Å². The van der Waals surface area contributed by atoms with Gasteiger partial charge < -0.3 is 5.73 Å². The number of rotatable bonds is 5. The Labute approximate surface area is 83.0 Å². The minimum Gasteiger partial charge on any atom is -0.350 e. The summed E-state index contributed by atoms with van der Waals surface area (Å²) < 4.78 is 0. The van der Waals surface area contributed by atoms with Crippen molar-refractivity contribution in [3.8, 4) is 0 Å². The topological polar surface area (TPSA) is 64.4 Å². The number of nitrogens with two attached hydrogens (primary N) is 1. The van der Waals surface area contributed by atoms with Gasteiger partial charge in [-0.25, -0.2) is 10.3 Å². The van der Waals surface area contributed by atoms with Crippen LogP contribution in [0.2, 0.25) is 0 Å². The van der Waals surface area contributed by atoms with Crippen LogP contribution in [0.15, 0.2) is 30.3 Å². The molecule has 3 N–H and O–H groups in total. The molecule has 1 rings (SSSR count). The molecular weight excluding hydrogens is 180 g/mol. The molecule has 1 aromatic rings. The van der Waals surface area contributed by atoms with Crippen LogP contribution in [-0.2, 0) is 11.3 Å². The zero-order valence-corrected chi connectivity index (χ0v) is 7.90. The highest BCUT2D eigenvalue weighted by molar-refractivity contribution is 5.70. The van der Waals surface area contributed by atoms with Gasteiger partial charge in [-0.2, -0.15) is 0 Å². The highest BCUT2D eigenvalue weighted by Gasteiger charge is 1.93. The summed E-state index contributed by atoms with van der Waals surface area (Å²) in [5.41, 5.74) is 8.14. The van der Waals surface area contributed by atoms with Crippen LogP contribution in [0, 0.1) is 0 Å². The molecule has 0 heterocycles. The van der Waals surface area contributed by atoms with E-state index in [1.807, 2.05) is 18.2 Å². The van der Waals surface area contributed by atoms with E-state index in [1.54, 1.807) is 0 Å². The fraction of sp³-hybridized carbons (Fsp3) is 0.300. The first-order valence-corrected chi connectivity index (χ1v) is 4.50. The third-order valence-electron chi connectivity index (χ3n) is 1.73. The maximum Gasteiger partial charge on any atom is 0.336 e. The zero-order chi connectivity index (χ0) is 10.2. The molecular formula is C10H14N2O2. The van der Waals surface area contributed by atoms with Crippen molar-refractivity contribution in [2.45, 2.75) is 12.8 Å². The van der Waals surface area contributed by atoms with Gasteiger partial charge in [0.05, 0.1) is 6.61 Å². The van der Waals surface area contributed by atoms with Gasteiger partial charge in [-0.15, -0.1) is 0 Å². The Balaban J connectivity index is 2.08. The van der Waals surface area contributed by atoms with E-state index in [-0.39, 0.29) is 0 Å². The molecule has 0 fully saturated rings. The molecule has 14 heavy (non-hydrogen) atoms. The van der Waals surface area contributed by atoms with Gasteiger partial charge in [-0.05, 0) is 18.4 Å². The van der Waals surface area contributed by atoms with Crippen molar-refractivity contribution in [2.24, 2.45) is 5.73 Å². The van der Waals surface area contributed by atoms with E-state index in [9.17, 15) is 4.79 Å². The van der Waals surface area contributed by atoms with Crippen LogP contribution >= 0.6 is 0 Å². The summed E-state index contributed by atoms with van der Waals surface area (Å²) in [6.45, 7) is 0.470. The fourth-order valence-electron chi connectivity index (χ4n) is 1.12. The number of benzene rings is 1. The maximum absolute atomic E-state index is 10.2. The molecule has 0 aliphatic rings. The van der Waals surface area contributed by atoms with Crippen molar-refractivity contribution in [3.05, 3.63) is 35.9 Å². The lowest BCUT2D eigenvalue weighted by atomic mass is 10.1. The van der Waals surface area contributed by atoms with Gasteiger partial charge in [0.2, 0.25) is 0 Å². The SMILES string of the molecule is NC(=O)NOCCCc1ccccc1. The molecule has 2 amide bonds. The van der Waals surface area contributed by atoms with E-state index in [2.05, 4.69) is 17.6 Å². The Kier molecular flexibility index (Phi) is 4.50. The predicted octanol–water partition coefficient (Wildman–Crippen LogP) is 1.22. The van der Waals surface area contributed by atoms with Gasteiger partial charge in [-0.3, -0.25) is 4.84 Å². The molecule has 0 atom stereocenters. The van der Waals surface area contributed by atoms with Gasteiger partial charge in [-0.1, -0.05) is 30.3 Å². The average Bonchev–Trinajstić information content (AvgIpc) is 2.18. The molecule has 0 radical (unpaired) electrons. The number of hydrogen-bond donors (Lipinski definition) is 2. The molecule has 0 saturated heterocycles. The van der Waals surface area contributed by atoms with Crippen molar-refractivity contribution in [3.63, 3.8) is 0 Å². The first-order valence-electron chi connectivity index (χ1n) is 4.50. The van der Waals surface area contributed by atoms with Crippen LogP contribution in [0.3, 0.4) is 0 Å². The second kappa shape index (κ2) is 5.99. The quantitative estimate of drug-likeness (QED) is 0.546. The summed E-state index contributed by atoms with van der Waals surface area (Å²) in [5.74, 6) is 0. The highest BCUT2D eigenvalue weighted by atomic mass is 16.7. The minimum absolute atomic E-state index is 0.470. The molecule has 0 aliphatic heterocycles. The zero-order valence-electron chi connectivity index (χ0n) is 7.90. The number of hydrogen-bond acceptors (Lipinski definition) is 2. The Bertz CT molecular complexity index is 275. The first-order chi connectivity index (χ1) is 6.79. The highest BCUT2D eigenvalue weighted by Crippen LogP contribution is 2.01. The predicted molar refractivity (Wildman–Crippen MR) is 53.4 cm³/mol. The second-order valence-corrected chi connectivity index (χ2v) is 2.90. The van der Waals surface area contributed by atoms with Crippen LogP contribution in [-0.4, -0.2) is 12.6 Å². The fourth-order valence-corrected chi connectivity index (χ4v) is 1.12. The van der Waals surface area contributed by atoms with Crippen LogP contribution in [0.4, 0.5) is 4.79 Å². The number of primary amides is 1. The molecule has 0 saturated carbocycles. The van der Waals surface area contributed by atoms with Crippen molar-refractivity contribution >= 4 is 6.03 Å². The number of nitrogens with one attached hydrogen (secondary N) is 1. The van der Waals surface area contributed by atoms with E-state index in [0.717, 1.165) is 12.8 Å². The van der Waals surface area contributed by atoms with E-state index >= 15 is 0 Å².